The first-order chi connectivity index (χ1) is 8.04. The molecule has 1 fully saturated rings. The molecule has 2 rings (SSSR count). The van der Waals surface area contributed by atoms with E-state index in [1.165, 1.54) is 12.8 Å². The van der Waals surface area contributed by atoms with Crippen LogP contribution in [0.1, 0.15) is 44.2 Å². The fourth-order valence-corrected chi connectivity index (χ4v) is 3.75. The zero-order chi connectivity index (χ0) is 12.5. The highest BCUT2D eigenvalue weighted by molar-refractivity contribution is 7.89. The first-order valence-corrected chi connectivity index (χ1v) is 7.56. The van der Waals surface area contributed by atoms with E-state index in [0.29, 0.717) is 17.4 Å². The van der Waals surface area contributed by atoms with Crippen LogP contribution < -0.4 is 4.72 Å². The summed E-state index contributed by atoms with van der Waals surface area (Å²) in [4.78, 5) is 0.355. The average Bonchev–Trinajstić information content (AvgIpc) is 2.85. The lowest BCUT2D eigenvalue weighted by molar-refractivity contribution is 0.579. The van der Waals surface area contributed by atoms with Gasteiger partial charge in [0.1, 0.15) is 4.90 Å². The maximum Gasteiger partial charge on any atom is 0.243 e. The quantitative estimate of drug-likeness (QED) is 0.886. The van der Waals surface area contributed by atoms with Crippen LogP contribution in [0, 0.1) is 0 Å². The number of rotatable bonds is 4. The van der Waals surface area contributed by atoms with Crippen LogP contribution in [0.15, 0.2) is 11.1 Å². The van der Waals surface area contributed by atoms with Gasteiger partial charge in [0.2, 0.25) is 10.0 Å². The molecular formula is C11H19N3O2S. The second-order valence-corrected chi connectivity index (χ2v) is 6.27. The molecule has 1 aliphatic carbocycles. The predicted octanol–water partition coefficient (Wildman–Crippen LogP) is 1.38. The van der Waals surface area contributed by atoms with Gasteiger partial charge in [-0.3, -0.25) is 4.68 Å². The fourth-order valence-electron chi connectivity index (χ4n) is 2.44. The van der Waals surface area contributed by atoms with Gasteiger partial charge in [0, 0.05) is 25.7 Å². The average molecular weight is 257 g/mol. The molecule has 1 aromatic heterocycles. The molecule has 0 spiro atoms. The third-order valence-corrected chi connectivity index (χ3v) is 4.75. The Hall–Kier alpha value is -0.880. The molecule has 0 unspecified atom stereocenters. The Kier molecular flexibility index (Phi) is 3.53. The summed E-state index contributed by atoms with van der Waals surface area (Å²) in [6.07, 6.45) is 6.03. The summed E-state index contributed by atoms with van der Waals surface area (Å²) in [5, 5.41) is 4.34. The van der Waals surface area contributed by atoms with Crippen LogP contribution in [0.5, 0.6) is 0 Å². The van der Waals surface area contributed by atoms with Crippen LogP contribution in [-0.4, -0.2) is 24.7 Å². The van der Waals surface area contributed by atoms with E-state index in [0.717, 1.165) is 18.5 Å². The Labute approximate surface area is 102 Å². The van der Waals surface area contributed by atoms with Gasteiger partial charge in [0.05, 0.1) is 5.69 Å². The summed E-state index contributed by atoms with van der Waals surface area (Å²) in [6, 6.07) is 0. The zero-order valence-corrected chi connectivity index (χ0v) is 11.1. The number of nitrogens with zero attached hydrogens (tertiary/aromatic N) is 2. The number of hydrogen-bond donors (Lipinski definition) is 1. The number of aryl methyl sites for hydroxylation is 1. The largest absolute Gasteiger partial charge is 0.274 e. The molecule has 0 saturated heterocycles. The summed E-state index contributed by atoms with van der Waals surface area (Å²) < 4.78 is 28.2. The maximum atomic E-state index is 12.1. The molecule has 96 valence electrons. The fraction of sp³-hybridized carbons (Fsp3) is 0.727. The van der Waals surface area contributed by atoms with E-state index >= 15 is 0 Å². The number of nitrogens with one attached hydrogen (secondary N) is 1. The first-order valence-electron chi connectivity index (χ1n) is 6.08. The monoisotopic (exact) mass is 257 g/mol. The summed E-state index contributed by atoms with van der Waals surface area (Å²) in [6.45, 7) is 2.19. The SMILES string of the molecule is CCNS(=O)(=O)c1cn(C)nc1C1CCCC1. The molecule has 0 aliphatic heterocycles. The molecule has 1 heterocycles. The summed E-state index contributed by atoms with van der Waals surface area (Å²) >= 11 is 0. The van der Waals surface area contributed by atoms with Gasteiger partial charge in [-0.15, -0.1) is 0 Å². The molecule has 1 aliphatic rings. The molecule has 1 aromatic rings. The van der Waals surface area contributed by atoms with E-state index in [1.54, 1.807) is 24.9 Å². The van der Waals surface area contributed by atoms with Gasteiger partial charge in [-0.2, -0.15) is 5.10 Å². The molecule has 0 atom stereocenters. The maximum absolute atomic E-state index is 12.1. The molecular weight excluding hydrogens is 238 g/mol. The van der Waals surface area contributed by atoms with Crippen LogP contribution in [0.25, 0.3) is 0 Å². The molecule has 1 N–H and O–H groups in total. The zero-order valence-electron chi connectivity index (χ0n) is 10.3. The summed E-state index contributed by atoms with van der Waals surface area (Å²) in [7, 11) is -1.62. The number of aromatic nitrogens is 2. The Morgan fingerprint density at radius 3 is 2.71 bits per heavy atom. The Balaban J connectivity index is 2.39. The molecule has 0 amide bonds. The summed E-state index contributed by atoms with van der Waals surface area (Å²) in [5.41, 5.74) is 0.742. The van der Waals surface area contributed by atoms with Crippen LogP contribution in [0.2, 0.25) is 0 Å². The molecule has 0 radical (unpaired) electrons. The van der Waals surface area contributed by atoms with Crippen LogP contribution in [0.3, 0.4) is 0 Å². The van der Waals surface area contributed by atoms with E-state index in [1.807, 2.05) is 0 Å². The lowest BCUT2D eigenvalue weighted by Crippen LogP contribution is -2.24. The van der Waals surface area contributed by atoms with Crippen molar-refractivity contribution in [2.75, 3.05) is 6.54 Å². The van der Waals surface area contributed by atoms with E-state index in [-0.39, 0.29) is 0 Å². The minimum atomic E-state index is -3.39. The van der Waals surface area contributed by atoms with E-state index in [2.05, 4.69) is 9.82 Å². The third kappa shape index (κ3) is 2.52. The normalized spacial score (nSPS) is 17.8. The first kappa shape index (κ1) is 12.6. The van der Waals surface area contributed by atoms with Gasteiger partial charge >= 0.3 is 0 Å². The van der Waals surface area contributed by atoms with Gasteiger partial charge in [-0.1, -0.05) is 19.8 Å². The van der Waals surface area contributed by atoms with Gasteiger partial charge in [-0.05, 0) is 12.8 Å². The second kappa shape index (κ2) is 4.78. The van der Waals surface area contributed by atoms with Crippen molar-refractivity contribution in [2.45, 2.75) is 43.4 Å². The third-order valence-electron chi connectivity index (χ3n) is 3.19. The van der Waals surface area contributed by atoms with Crippen LogP contribution >= 0.6 is 0 Å². The lowest BCUT2D eigenvalue weighted by Gasteiger charge is -2.09. The minimum absolute atomic E-state index is 0.305. The van der Waals surface area contributed by atoms with Crippen molar-refractivity contribution in [3.63, 3.8) is 0 Å². The molecule has 6 heteroatoms. The van der Waals surface area contributed by atoms with Crippen molar-refractivity contribution in [3.05, 3.63) is 11.9 Å². The van der Waals surface area contributed by atoms with Crippen molar-refractivity contribution < 1.29 is 8.42 Å². The van der Waals surface area contributed by atoms with Crippen molar-refractivity contribution in [1.29, 1.82) is 0 Å². The highest BCUT2D eigenvalue weighted by atomic mass is 32.2. The number of sulfonamides is 1. The smallest absolute Gasteiger partial charge is 0.243 e. The second-order valence-electron chi connectivity index (χ2n) is 4.53. The Morgan fingerprint density at radius 2 is 2.12 bits per heavy atom. The minimum Gasteiger partial charge on any atom is -0.274 e. The van der Waals surface area contributed by atoms with E-state index < -0.39 is 10.0 Å². The van der Waals surface area contributed by atoms with Crippen LogP contribution in [0.4, 0.5) is 0 Å². The lowest BCUT2D eigenvalue weighted by atomic mass is 10.1. The van der Waals surface area contributed by atoms with Crippen molar-refractivity contribution in [1.82, 2.24) is 14.5 Å². The highest BCUT2D eigenvalue weighted by Gasteiger charge is 2.28. The van der Waals surface area contributed by atoms with E-state index in [9.17, 15) is 8.42 Å². The summed E-state index contributed by atoms with van der Waals surface area (Å²) in [5.74, 6) is 0.305. The van der Waals surface area contributed by atoms with Gasteiger partial charge in [-0.25, -0.2) is 13.1 Å². The van der Waals surface area contributed by atoms with Gasteiger partial charge in [0.15, 0.2) is 0 Å². The van der Waals surface area contributed by atoms with Gasteiger partial charge < -0.3 is 0 Å². The Bertz CT molecular complexity index is 487. The Morgan fingerprint density at radius 1 is 1.47 bits per heavy atom. The molecule has 0 aromatic carbocycles. The number of hydrogen-bond acceptors (Lipinski definition) is 3. The topological polar surface area (TPSA) is 64.0 Å². The highest BCUT2D eigenvalue weighted by Crippen LogP contribution is 2.36. The molecule has 17 heavy (non-hydrogen) atoms. The molecule has 1 saturated carbocycles. The van der Waals surface area contributed by atoms with E-state index in [4.69, 9.17) is 0 Å². The van der Waals surface area contributed by atoms with Crippen molar-refractivity contribution in [2.24, 2.45) is 7.05 Å². The molecule has 0 bridgehead atoms. The van der Waals surface area contributed by atoms with Crippen molar-refractivity contribution >= 4 is 10.0 Å². The van der Waals surface area contributed by atoms with Gasteiger partial charge in [0.25, 0.3) is 0 Å². The van der Waals surface area contributed by atoms with Crippen molar-refractivity contribution in [3.8, 4) is 0 Å². The standard InChI is InChI=1S/C11H19N3O2S/c1-3-12-17(15,16)10-8-14(2)13-11(10)9-6-4-5-7-9/h8-9,12H,3-7H2,1-2H3. The predicted molar refractivity (Wildman–Crippen MR) is 65.3 cm³/mol. The molecule has 5 nitrogen and oxygen atoms in total. The van der Waals surface area contributed by atoms with Crippen LogP contribution in [-0.2, 0) is 17.1 Å².